The highest BCUT2D eigenvalue weighted by molar-refractivity contribution is 5.33. The average molecular weight is 260 g/mol. The number of rotatable bonds is 2. The summed E-state index contributed by atoms with van der Waals surface area (Å²) >= 11 is 0. The summed E-state index contributed by atoms with van der Waals surface area (Å²) in [6.07, 6.45) is 3.13. The minimum atomic E-state index is -0.353. The van der Waals surface area contributed by atoms with E-state index in [2.05, 4.69) is 36.6 Å². The average Bonchev–Trinajstić information content (AvgIpc) is 2.90. The van der Waals surface area contributed by atoms with Crippen LogP contribution in [0.2, 0.25) is 0 Å². The van der Waals surface area contributed by atoms with E-state index in [1.165, 1.54) is 5.69 Å². The number of hydrogen-bond acceptors (Lipinski definition) is 3. The quantitative estimate of drug-likeness (QED) is 0.903. The van der Waals surface area contributed by atoms with Crippen LogP contribution in [0.4, 0.5) is 0 Å². The topological polar surface area (TPSA) is 51.2 Å². The molecular weight excluding hydrogens is 240 g/mol. The smallest absolute Gasteiger partial charge is 0.156 e. The standard InChI is InChI=1S/C15H20N2O2/c1-10-6-12-13(7-15(2,3)8-14(12)18)17(10)9-11-4-5-16-19-11/h4-6,14,18H,7-9H2,1-3H3. The first-order chi connectivity index (χ1) is 8.96. The maximum atomic E-state index is 10.3. The van der Waals surface area contributed by atoms with Gasteiger partial charge in [0.15, 0.2) is 5.76 Å². The predicted molar refractivity (Wildman–Crippen MR) is 71.8 cm³/mol. The van der Waals surface area contributed by atoms with Crippen molar-refractivity contribution in [2.24, 2.45) is 5.41 Å². The van der Waals surface area contributed by atoms with Crippen molar-refractivity contribution in [3.8, 4) is 0 Å². The lowest BCUT2D eigenvalue weighted by atomic mass is 9.75. The van der Waals surface area contributed by atoms with Crippen LogP contribution in [0, 0.1) is 12.3 Å². The van der Waals surface area contributed by atoms with Gasteiger partial charge in [-0.15, -0.1) is 0 Å². The van der Waals surface area contributed by atoms with Crippen LogP contribution < -0.4 is 0 Å². The number of nitrogens with zero attached hydrogens (tertiary/aromatic N) is 2. The van der Waals surface area contributed by atoms with Crippen molar-refractivity contribution in [3.05, 3.63) is 41.0 Å². The van der Waals surface area contributed by atoms with E-state index < -0.39 is 0 Å². The molecule has 0 aliphatic heterocycles. The monoisotopic (exact) mass is 260 g/mol. The highest BCUT2D eigenvalue weighted by Gasteiger charge is 2.34. The van der Waals surface area contributed by atoms with Gasteiger partial charge in [-0.3, -0.25) is 0 Å². The fourth-order valence-electron chi connectivity index (χ4n) is 3.10. The van der Waals surface area contributed by atoms with Crippen LogP contribution in [0.5, 0.6) is 0 Å². The van der Waals surface area contributed by atoms with Crippen molar-refractivity contribution >= 4 is 0 Å². The fourth-order valence-corrected chi connectivity index (χ4v) is 3.10. The van der Waals surface area contributed by atoms with Gasteiger partial charge in [-0.1, -0.05) is 19.0 Å². The second-order valence-electron chi connectivity index (χ2n) is 6.31. The molecule has 0 fully saturated rings. The molecule has 19 heavy (non-hydrogen) atoms. The predicted octanol–water partition coefficient (Wildman–Crippen LogP) is 2.84. The van der Waals surface area contributed by atoms with Crippen LogP contribution in [0.15, 0.2) is 22.9 Å². The Labute approximate surface area is 113 Å². The van der Waals surface area contributed by atoms with Crippen LogP contribution in [-0.2, 0) is 13.0 Å². The summed E-state index contributed by atoms with van der Waals surface area (Å²) in [6, 6.07) is 3.99. The number of aromatic nitrogens is 2. The van der Waals surface area contributed by atoms with Crippen LogP contribution in [0.3, 0.4) is 0 Å². The Morgan fingerprint density at radius 1 is 1.53 bits per heavy atom. The molecule has 4 heteroatoms. The maximum Gasteiger partial charge on any atom is 0.156 e. The van der Waals surface area contributed by atoms with E-state index >= 15 is 0 Å². The Balaban J connectivity index is 2.02. The molecule has 0 radical (unpaired) electrons. The summed E-state index contributed by atoms with van der Waals surface area (Å²) in [6.45, 7) is 7.18. The highest BCUT2D eigenvalue weighted by Crippen LogP contribution is 2.42. The van der Waals surface area contributed by atoms with Crippen LogP contribution >= 0.6 is 0 Å². The molecule has 0 saturated carbocycles. The van der Waals surface area contributed by atoms with E-state index in [1.807, 2.05) is 6.07 Å². The number of fused-ring (bicyclic) bond motifs is 1. The zero-order valence-electron chi connectivity index (χ0n) is 11.7. The Bertz CT molecular complexity index is 582. The van der Waals surface area contributed by atoms with Gasteiger partial charge in [-0.05, 0) is 31.2 Å². The van der Waals surface area contributed by atoms with E-state index in [-0.39, 0.29) is 11.5 Å². The third kappa shape index (κ3) is 2.21. The second kappa shape index (κ2) is 4.23. The first-order valence-corrected chi connectivity index (χ1v) is 6.73. The van der Waals surface area contributed by atoms with E-state index in [9.17, 15) is 5.11 Å². The Morgan fingerprint density at radius 2 is 2.32 bits per heavy atom. The summed E-state index contributed by atoms with van der Waals surface area (Å²) in [5, 5.41) is 14.1. The van der Waals surface area contributed by atoms with Gasteiger partial charge in [0.25, 0.3) is 0 Å². The SMILES string of the molecule is Cc1cc2c(n1Cc1ccno1)CC(C)(C)CC2O. The van der Waals surface area contributed by atoms with Gasteiger partial charge in [0.05, 0.1) is 18.8 Å². The molecule has 2 aromatic rings. The number of aryl methyl sites for hydroxylation is 1. The number of aliphatic hydroxyl groups is 1. The number of aliphatic hydroxyl groups excluding tert-OH is 1. The van der Waals surface area contributed by atoms with Crippen LogP contribution in [-0.4, -0.2) is 14.8 Å². The molecule has 0 saturated heterocycles. The first kappa shape index (κ1) is 12.5. The molecule has 4 nitrogen and oxygen atoms in total. The number of hydrogen-bond donors (Lipinski definition) is 1. The zero-order chi connectivity index (χ0) is 13.6. The Hall–Kier alpha value is -1.55. The normalized spacial score (nSPS) is 21.4. The van der Waals surface area contributed by atoms with Gasteiger partial charge in [-0.25, -0.2) is 0 Å². The molecule has 0 amide bonds. The van der Waals surface area contributed by atoms with Crippen LogP contribution in [0.25, 0.3) is 0 Å². The van der Waals surface area contributed by atoms with Gasteiger partial charge < -0.3 is 14.2 Å². The Morgan fingerprint density at radius 3 is 3.00 bits per heavy atom. The molecule has 1 atom stereocenters. The van der Waals surface area contributed by atoms with Gasteiger partial charge in [-0.2, -0.15) is 0 Å². The first-order valence-electron chi connectivity index (χ1n) is 6.73. The molecule has 1 aliphatic rings. The molecule has 1 aliphatic carbocycles. The molecule has 0 spiro atoms. The summed E-state index contributed by atoms with van der Waals surface area (Å²) in [5.74, 6) is 0.847. The summed E-state index contributed by atoms with van der Waals surface area (Å²) in [7, 11) is 0. The molecule has 1 unspecified atom stereocenters. The molecule has 0 bridgehead atoms. The lowest BCUT2D eigenvalue weighted by Crippen LogP contribution is -2.27. The lowest BCUT2D eigenvalue weighted by Gasteiger charge is -2.33. The van der Waals surface area contributed by atoms with Gasteiger partial charge in [0.1, 0.15) is 0 Å². The second-order valence-corrected chi connectivity index (χ2v) is 6.31. The van der Waals surface area contributed by atoms with E-state index in [4.69, 9.17) is 4.52 Å². The van der Waals surface area contributed by atoms with Crippen molar-refractivity contribution in [1.29, 1.82) is 0 Å². The minimum Gasteiger partial charge on any atom is -0.388 e. The summed E-state index contributed by atoms with van der Waals surface area (Å²) in [4.78, 5) is 0. The molecule has 2 aromatic heterocycles. The van der Waals surface area contributed by atoms with Crippen molar-refractivity contribution in [1.82, 2.24) is 9.72 Å². The Kier molecular flexibility index (Phi) is 2.78. The molecule has 2 heterocycles. The van der Waals surface area contributed by atoms with E-state index in [0.29, 0.717) is 6.54 Å². The van der Waals surface area contributed by atoms with Gasteiger partial charge in [0, 0.05) is 23.0 Å². The van der Waals surface area contributed by atoms with Crippen molar-refractivity contribution < 1.29 is 9.63 Å². The highest BCUT2D eigenvalue weighted by atomic mass is 16.5. The van der Waals surface area contributed by atoms with Crippen LogP contribution in [0.1, 0.15) is 49.1 Å². The van der Waals surface area contributed by atoms with Crippen molar-refractivity contribution in [2.75, 3.05) is 0 Å². The van der Waals surface area contributed by atoms with Gasteiger partial charge >= 0.3 is 0 Å². The molecule has 102 valence electrons. The summed E-state index contributed by atoms with van der Waals surface area (Å²) in [5.41, 5.74) is 3.61. The van der Waals surface area contributed by atoms with E-state index in [0.717, 1.165) is 29.9 Å². The van der Waals surface area contributed by atoms with Crippen molar-refractivity contribution in [2.45, 2.75) is 46.3 Å². The maximum absolute atomic E-state index is 10.3. The molecule has 3 rings (SSSR count). The van der Waals surface area contributed by atoms with Crippen molar-refractivity contribution in [3.63, 3.8) is 0 Å². The molecular formula is C15H20N2O2. The minimum absolute atomic E-state index is 0.135. The fraction of sp³-hybridized carbons (Fsp3) is 0.533. The summed E-state index contributed by atoms with van der Waals surface area (Å²) < 4.78 is 7.43. The van der Waals surface area contributed by atoms with Gasteiger partial charge in [0.2, 0.25) is 0 Å². The third-order valence-corrected chi connectivity index (χ3v) is 4.01. The molecule has 1 N–H and O–H groups in total. The zero-order valence-corrected chi connectivity index (χ0v) is 11.7. The third-order valence-electron chi connectivity index (χ3n) is 4.01. The molecule has 0 aromatic carbocycles. The largest absolute Gasteiger partial charge is 0.388 e. The lowest BCUT2D eigenvalue weighted by molar-refractivity contribution is 0.0980. The van der Waals surface area contributed by atoms with E-state index in [1.54, 1.807) is 6.20 Å².